The fourth-order valence-electron chi connectivity index (χ4n) is 3.27. The summed E-state index contributed by atoms with van der Waals surface area (Å²) >= 11 is 0. The largest absolute Gasteiger partial charge is 0.478 e. The number of pyridine rings is 1. The van der Waals surface area contributed by atoms with E-state index in [1.54, 1.807) is 12.1 Å². The molecule has 5 nitrogen and oxygen atoms in total. The third kappa shape index (κ3) is 2.55. The molecule has 0 spiro atoms. The highest BCUT2D eigenvalue weighted by molar-refractivity contribution is 6.16. The fourth-order valence-corrected chi connectivity index (χ4v) is 3.27. The molecule has 4 rings (SSSR count). The molecule has 0 aliphatic carbocycles. The second kappa shape index (κ2) is 6.13. The van der Waals surface area contributed by atoms with Crippen LogP contribution in [0.25, 0.3) is 32.7 Å². The number of aliphatic hydroxyl groups is 1. The zero-order valence-corrected chi connectivity index (χ0v) is 13.7. The van der Waals surface area contributed by atoms with Crippen molar-refractivity contribution in [3.63, 3.8) is 0 Å². The van der Waals surface area contributed by atoms with Crippen molar-refractivity contribution in [2.75, 3.05) is 0 Å². The Hall–Kier alpha value is -3.44. The van der Waals surface area contributed by atoms with Crippen molar-refractivity contribution < 1.29 is 15.0 Å². The van der Waals surface area contributed by atoms with Gasteiger partial charge in [-0.25, -0.2) is 4.79 Å². The lowest BCUT2D eigenvalue weighted by Crippen LogP contribution is -2.07. The molecule has 0 aliphatic rings. The number of aromatic carboxylic acids is 1. The lowest BCUT2D eigenvalue weighted by molar-refractivity contribution is 0.0699. The van der Waals surface area contributed by atoms with Crippen molar-refractivity contribution in [1.29, 1.82) is 0 Å². The van der Waals surface area contributed by atoms with Crippen LogP contribution in [0.5, 0.6) is 0 Å². The minimum absolute atomic E-state index is 0.0278. The molecule has 128 valence electrons. The van der Waals surface area contributed by atoms with Crippen LogP contribution in [-0.4, -0.2) is 21.2 Å². The number of aromatic amines is 1. The molecular formula is C21H15NO4. The molecule has 3 aromatic carbocycles. The second-order valence-electron chi connectivity index (χ2n) is 6.12. The van der Waals surface area contributed by atoms with E-state index < -0.39 is 5.97 Å². The highest BCUT2D eigenvalue weighted by Gasteiger charge is 2.14. The molecule has 0 fully saturated rings. The Morgan fingerprint density at radius 2 is 1.65 bits per heavy atom. The van der Waals surface area contributed by atoms with Gasteiger partial charge in [0.2, 0.25) is 0 Å². The Morgan fingerprint density at radius 3 is 2.35 bits per heavy atom. The molecule has 0 aliphatic heterocycles. The van der Waals surface area contributed by atoms with Gasteiger partial charge < -0.3 is 15.2 Å². The zero-order valence-electron chi connectivity index (χ0n) is 13.7. The van der Waals surface area contributed by atoms with Gasteiger partial charge in [0.15, 0.2) is 0 Å². The van der Waals surface area contributed by atoms with Gasteiger partial charge in [0.25, 0.3) is 5.56 Å². The molecule has 3 N–H and O–H groups in total. The van der Waals surface area contributed by atoms with Crippen LogP contribution >= 0.6 is 0 Å². The predicted octanol–water partition coefficient (Wildman–Crippen LogP) is 3.54. The Balaban J connectivity index is 2.06. The van der Waals surface area contributed by atoms with E-state index in [2.05, 4.69) is 4.98 Å². The number of carbonyl (C=O) groups is 1. The monoisotopic (exact) mass is 345 g/mol. The van der Waals surface area contributed by atoms with E-state index in [4.69, 9.17) is 0 Å². The Kier molecular flexibility index (Phi) is 3.78. The number of hydrogen-bond acceptors (Lipinski definition) is 3. The van der Waals surface area contributed by atoms with Crippen molar-refractivity contribution >= 4 is 27.5 Å². The van der Waals surface area contributed by atoms with Gasteiger partial charge >= 0.3 is 5.97 Å². The van der Waals surface area contributed by atoms with Gasteiger partial charge in [0.1, 0.15) is 0 Å². The van der Waals surface area contributed by atoms with Gasteiger partial charge in [-0.15, -0.1) is 0 Å². The van der Waals surface area contributed by atoms with Crippen molar-refractivity contribution in [2.45, 2.75) is 6.61 Å². The molecule has 0 radical (unpaired) electrons. The quantitative estimate of drug-likeness (QED) is 0.495. The number of H-pyrrole nitrogens is 1. The summed E-state index contributed by atoms with van der Waals surface area (Å²) in [5.41, 5.74) is 2.52. The summed E-state index contributed by atoms with van der Waals surface area (Å²) in [6.07, 6.45) is 1.51. The van der Waals surface area contributed by atoms with E-state index in [0.717, 1.165) is 16.7 Å². The van der Waals surface area contributed by atoms with Crippen LogP contribution in [0.3, 0.4) is 0 Å². The maximum absolute atomic E-state index is 12.4. The highest BCUT2D eigenvalue weighted by atomic mass is 16.4. The van der Waals surface area contributed by atoms with Crippen molar-refractivity contribution in [3.05, 3.63) is 82.3 Å². The first-order valence-corrected chi connectivity index (χ1v) is 8.10. The Labute approximate surface area is 148 Å². The maximum atomic E-state index is 12.4. The van der Waals surface area contributed by atoms with Gasteiger partial charge in [-0.3, -0.25) is 4.79 Å². The van der Waals surface area contributed by atoms with Crippen LogP contribution in [0.1, 0.15) is 15.9 Å². The van der Waals surface area contributed by atoms with Gasteiger partial charge in [-0.1, -0.05) is 36.4 Å². The number of rotatable bonds is 3. The number of hydrogen-bond donors (Lipinski definition) is 3. The van der Waals surface area contributed by atoms with E-state index in [9.17, 15) is 19.8 Å². The number of aliphatic hydroxyl groups excluding tert-OH is 1. The molecule has 0 saturated carbocycles. The Morgan fingerprint density at radius 1 is 0.923 bits per heavy atom. The van der Waals surface area contributed by atoms with Crippen LogP contribution in [0.15, 0.2) is 65.6 Å². The number of fused-ring (bicyclic) bond motifs is 3. The number of carboxylic acids is 1. The third-order valence-corrected chi connectivity index (χ3v) is 4.57. The van der Waals surface area contributed by atoms with E-state index in [-0.39, 0.29) is 17.7 Å². The molecule has 0 saturated heterocycles. The summed E-state index contributed by atoms with van der Waals surface area (Å²) < 4.78 is 0. The molecule has 0 unspecified atom stereocenters. The molecule has 0 amide bonds. The summed E-state index contributed by atoms with van der Waals surface area (Å²) in [5, 5.41) is 20.9. The lowest BCUT2D eigenvalue weighted by atomic mass is 9.94. The van der Waals surface area contributed by atoms with E-state index in [1.165, 1.54) is 12.3 Å². The van der Waals surface area contributed by atoms with E-state index in [0.29, 0.717) is 21.5 Å². The first-order valence-electron chi connectivity index (χ1n) is 8.10. The average molecular weight is 345 g/mol. The Bertz CT molecular complexity index is 1210. The van der Waals surface area contributed by atoms with Gasteiger partial charge in [0.05, 0.1) is 17.6 Å². The minimum atomic E-state index is -1.03. The molecule has 26 heavy (non-hydrogen) atoms. The van der Waals surface area contributed by atoms with Crippen LogP contribution in [0, 0.1) is 0 Å². The summed E-state index contributed by atoms with van der Waals surface area (Å²) in [6, 6.07) is 16.1. The number of benzene rings is 3. The molecule has 4 aromatic rings. The highest BCUT2D eigenvalue weighted by Crippen LogP contribution is 2.31. The molecular weight excluding hydrogens is 330 g/mol. The van der Waals surface area contributed by atoms with Gasteiger partial charge in [-0.2, -0.15) is 0 Å². The predicted molar refractivity (Wildman–Crippen MR) is 100 cm³/mol. The molecule has 1 heterocycles. The van der Waals surface area contributed by atoms with E-state index in [1.807, 2.05) is 36.4 Å². The number of nitrogens with one attached hydrogen (secondary N) is 1. The van der Waals surface area contributed by atoms with Crippen LogP contribution < -0.4 is 5.56 Å². The summed E-state index contributed by atoms with van der Waals surface area (Å²) in [5.74, 6) is -1.03. The smallest absolute Gasteiger partial charge is 0.336 e. The van der Waals surface area contributed by atoms with Crippen LogP contribution in [-0.2, 0) is 6.61 Å². The van der Waals surface area contributed by atoms with Crippen molar-refractivity contribution in [2.24, 2.45) is 0 Å². The zero-order chi connectivity index (χ0) is 18.3. The number of aromatic nitrogens is 1. The topological polar surface area (TPSA) is 90.4 Å². The second-order valence-corrected chi connectivity index (χ2v) is 6.12. The van der Waals surface area contributed by atoms with Crippen LogP contribution in [0.2, 0.25) is 0 Å². The fraction of sp³-hybridized carbons (Fsp3) is 0.0476. The normalized spacial score (nSPS) is 11.1. The number of carboxylic acid groups (broad SMARTS) is 1. The van der Waals surface area contributed by atoms with Crippen molar-refractivity contribution in [3.8, 4) is 11.1 Å². The summed E-state index contributed by atoms with van der Waals surface area (Å²) in [6.45, 7) is -0.0278. The first kappa shape index (κ1) is 16.1. The summed E-state index contributed by atoms with van der Waals surface area (Å²) in [7, 11) is 0. The minimum Gasteiger partial charge on any atom is -0.478 e. The molecule has 1 aromatic heterocycles. The lowest BCUT2D eigenvalue weighted by Gasteiger charge is -2.10. The van der Waals surface area contributed by atoms with E-state index >= 15 is 0 Å². The maximum Gasteiger partial charge on any atom is 0.336 e. The average Bonchev–Trinajstić information content (AvgIpc) is 2.67. The van der Waals surface area contributed by atoms with Gasteiger partial charge in [0, 0.05) is 6.20 Å². The molecule has 0 bridgehead atoms. The van der Waals surface area contributed by atoms with Gasteiger partial charge in [-0.05, 0) is 51.0 Å². The molecule has 0 atom stereocenters. The summed E-state index contributed by atoms with van der Waals surface area (Å²) in [4.78, 5) is 26.7. The molecule has 5 heteroatoms. The SMILES string of the molecule is O=C(O)c1cc2cc[nH]c(=O)c2c2cc(-c3ccc(CO)cc3)ccc12. The first-order chi connectivity index (χ1) is 12.6. The standard InChI is InChI=1S/C21H15NO4/c23-11-12-1-3-13(4-2-12)14-5-6-16-17(9-14)19-15(7-8-22-20(19)24)10-18(16)21(25)26/h1-10,23H,11H2,(H,22,24)(H,25,26). The van der Waals surface area contributed by atoms with Crippen LogP contribution in [0.4, 0.5) is 0 Å². The third-order valence-electron chi connectivity index (χ3n) is 4.57. The van der Waals surface area contributed by atoms with Crippen molar-refractivity contribution in [1.82, 2.24) is 4.98 Å².